The van der Waals surface area contributed by atoms with E-state index in [2.05, 4.69) is 34.6 Å². The Morgan fingerprint density at radius 2 is 0.505 bits per heavy atom. The molecule has 0 aromatic rings. The van der Waals surface area contributed by atoms with E-state index in [-0.39, 0.29) is 25.7 Å². The van der Waals surface area contributed by atoms with E-state index in [4.69, 9.17) is 37.0 Å². The van der Waals surface area contributed by atoms with E-state index in [9.17, 15) is 43.2 Å². The van der Waals surface area contributed by atoms with Gasteiger partial charge >= 0.3 is 39.5 Å². The first-order valence-electron chi connectivity index (χ1n) is 39.7. The Kier molecular flexibility index (Phi) is 67.7. The third-order valence-electron chi connectivity index (χ3n) is 18.1. The summed E-state index contributed by atoms with van der Waals surface area (Å²) in [5, 5.41) is 10.6. The van der Waals surface area contributed by atoms with E-state index in [0.29, 0.717) is 25.7 Å². The largest absolute Gasteiger partial charge is 0.472 e. The second-order valence-corrected chi connectivity index (χ2v) is 30.5. The Morgan fingerprint density at radius 3 is 0.747 bits per heavy atom. The molecule has 0 aliphatic rings. The summed E-state index contributed by atoms with van der Waals surface area (Å²) in [6.45, 7) is 7.27. The molecule has 0 aliphatic heterocycles. The number of hydrogen-bond acceptors (Lipinski definition) is 15. The minimum Gasteiger partial charge on any atom is -0.462 e. The van der Waals surface area contributed by atoms with Crippen molar-refractivity contribution >= 4 is 39.5 Å². The van der Waals surface area contributed by atoms with Gasteiger partial charge in [-0.25, -0.2) is 9.13 Å². The highest BCUT2D eigenvalue weighted by molar-refractivity contribution is 7.47. The van der Waals surface area contributed by atoms with Crippen LogP contribution in [0.2, 0.25) is 0 Å². The van der Waals surface area contributed by atoms with Crippen LogP contribution >= 0.6 is 15.6 Å². The van der Waals surface area contributed by atoms with E-state index in [1.807, 2.05) is 0 Å². The standard InChI is InChI=1S/C76H148O17P2/c1-6-10-13-16-19-21-23-25-26-27-28-29-30-31-32-33-34-36-42-47-52-57-62-76(81)93-72(66-87-74(79)60-55-50-45-40-38-37-39-44-48-53-58-69(5)9-4)68-91-95(84,85)89-64-70(77)63-88-94(82,83)90-67-71(65-86-73(78)59-54-49-43-18-15-12-8-3)92-75(80)61-56-51-46-41-35-24-22-20-17-14-11-7-2/h69-72,77H,6-68H2,1-5H3,(H,82,83)(H,84,85)/t69?,70-,71+,72+/m0/s1. The van der Waals surface area contributed by atoms with Crippen molar-refractivity contribution in [3.05, 3.63) is 0 Å². The second kappa shape index (κ2) is 69.2. The van der Waals surface area contributed by atoms with Crippen LogP contribution in [0.15, 0.2) is 0 Å². The summed E-state index contributed by atoms with van der Waals surface area (Å²) >= 11 is 0. The summed E-state index contributed by atoms with van der Waals surface area (Å²) in [4.78, 5) is 72.6. The van der Waals surface area contributed by atoms with Crippen molar-refractivity contribution in [2.24, 2.45) is 5.92 Å². The molecular formula is C76H148O17P2. The molecule has 0 spiro atoms. The third kappa shape index (κ3) is 69.0. The molecule has 0 heterocycles. The molecule has 6 atom stereocenters. The van der Waals surface area contributed by atoms with Gasteiger partial charge in [-0.05, 0) is 31.6 Å². The number of unbranched alkanes of at least 4 members (excludes halogenated alkanes) is 47. The van der Waals surface area contributed by atoms with Gasteiger partial charge in [-0.15, -0.1) is 0 Å². The Hall–Kier alpha value is -1.94. The van der Waals surface area contributed by atoms with Crippen LogP contribution in [-0.4, -0.2) is 96.7 Å². The lowest BCUT2D eigenvalue weighted by Crippen LogP contribution is -2.30. The maximum atomic E-state index is 13.1. The average Bonchev–Trinajstić information content (AvgIpc) is 2.18. The van der Waals surface area contributed by atoms with Crippen LogP contribution in [0.25, 0.3) is 0 Å². The summed E-state index contributed by atoms with van der Waals surface area (Å²) in [5.74, 6) is -1.31. The monoisotopic (exact) mass is 1400 g/mol. The van der Waals surface area contributed by atoms with Gasteiger partial charge in [-0.1, -0.05) is 349 Å². The number of ether oxygens (including phenoxy) is 4. The number of aliphatic hydroxyl groups is 1. The number of phosphoric ester groups is 2. The Balaban J connectivity index is 5.15. The Labute approximate surface area is 581 Å². The smallest absolute Gasteiger partial charge is 0.462 e. The van der Waals surface area contributed by atoms with E-state index in [1.165, 1.54) is 212 Å². The van der Waals surface area contributed by atoms with Crippen molar-refractivity contribution in [3.63, 3.8) is 0 Å². The molecule has 17 nitrogen and oxygen atoms in total. The lowest BCUT2D eigenvalue weighted by atomic mass is 9.99. The summed E-state index contributed by atoms with van der Waals surface area (Å²) in [5.41, 5.74) is 0. The summed E-state index contributed by atoms with van der Waals surface area (Å²) in [7, 11) is -9.90. The number of carbonyl (C=O) groups is 4. The van der Waals surface area contributed by atoms with Crippen molar-refractivity contribution in [1.29, 1.82) is 0 Å². The number of hydrogen-bond donors (Lipinski definition) is 3. The average molecular weight is 1400 g/mol. The molecule has 0 amide bonds. The predicted octanol–water partition coefficient (Wildman–Crippen LogP) is 22.5. The van der Waals surface area contributed by atoms with Crippen molar-refractivity contribution in [3.8, 4) is 0 Å². The molecule has 19 heteroatoms. The molecule has 3 unspecified atom stereocenters. The number of aliphatic hydroxyl groups excluding tert-OH is 1. The number of phosphoric acid groups is 2. The number of rotatable bonds is 76. The third-order valence-corrected chi connectivity index (χ3v) is 20.0. The quantitative estimate of drug-likeness (QED) is 0.0222. The van der Waals surface area contributed by atoms with Crippen molar-refractivity contribution in [1.82, 2.24) is 0 Å². The van der Waals surface area contributed by atoms with Crippen LogP contribution in [0.4, 0.5) is 0 Å². The zero-order valence-electron chi connectivity index (χ0n) is 61.8. The van der Waals surface area contributed by atoms with Crippen LogP contribution in [0.1, 0.15) is 401 Å². The van der Waals surface area contributed by atoms with Gasteiger partial charge in [-0.2, -0.15) is 0 Å². The first-order chi connectivity index (χ1) is 46.1. The fraction of sp³-hybridized carbons (Fsp3) is 0.947. The molecule has 0 fully saturated rings. The molecule has 0 saturated carbocycles. The van der Waals surface area contributed by atoms with Crippen LogP contribution in [0.3, 0.4) is 0 Å². The molecule has 0 aromatic heterocycles. The fourth-order valence-electron chi connectivity index (χ4n) is 11.7. The van der Waals surface area contributed by atoms with E-state index < -0.39 is 97.5 Å². The van der Waals surface area contributed by atoms with Crippen molar-refractivity contribution in [2.45, 2.75) is 419 Å². The molecule has 0 aliphatic carbocycles. The highest BCUT2D eigenvalue weighted by Crippen LogP contribution is 2.45. The molecule has 3 N–H and O–H groups in total. The van der Waals surface area contributed by atoms with Gasteiger partial charge in [-0.3, -0.25) is 37.3 Å². The van der Waals surface area contributed by atoms with E-state index in [1.54, 1.807) is 0 Å². The molecule has 0 radical (unpaired) electrons. The Bertz CT molecular complexity index is 1820. The topological polar surface area (TPSA) is 237 Å². The van der Waals surface area contributed by atoms with Crippen LogP contribution in [0.5, 0.6) is 0 Å². The van der Waals surface area contributed by atoms with Gasteiger partial charge in [0.2, 0.25) is 0 Å². The van der Waals surface area contributed by atoms with Crippen molar-refractivity contribution in [2.75, 3.05) is 39.6 Å². The highest BCUT2D eigenvalue weighted by atomic mass is 31.2. The Morgan fingerprint density at radius 1 is 0.295 bits per heavy atom. The van der Waals surface area contributed by atoms with E-state index in [0.717, 1.165) is 109 Å². The summed E-state index contributed by atoms with van der Waals surface area (Å²) in [6, 6.07) is 0. The van der Waals surface area contributed by atoms with Gasteiger partial charge < -0.3 is 33.8 Å². The predicted molar refractivity (Wildman–Crippen MR) is 386 cm³/mol. The molecule has 0 saturated heterocycles. The number of carbonyl (C=O) groups excluding carboxylic acids is 4. The minimum atomic E-state index is -4.96. The lowest BCUT2D eigenvalue weighted by Gasteiger charge is -2.21. The zero-order valence-corrected chi connectivity index (χ0v) is 63.6. The SMILES string of the molecule is CCCCCCCCCCCCCCCCCCCCCCCCC(=O)O[C@H](COC(=O)CCCCCCCCCCCCC(C)CC)COP(=O)(O)OC[C@@H](O)COP(=O)(O)OC[C@@H](COC(=O)CCCCCCCCC)OC(=O)CCCCCCCCCCCCCC. The molecule has 0 bridgehead atoms. The van der Waals surface area contributed by atoms with Gasteiger partial charge in [0, 0.05) is 25.7 Å². The molecule has 564 valence electrons. The van der Waals surface area contributed by atoms with Crippen LogP contribution < -0.4 is 0 Å². The fourth-order valence-corrected chi connectivity index (χ4v) is 13.3. The highest BCUT2D eigenvalue weighted by Gasteiger charge is 2.30. The maximum absolute atomic E-state index is 13.1. The summed E-state index contributed by atoms with van der Waals surface area (Å²) in [6.07, 6.45) is 58.4. The zero-order chi connectivity index (χ0) is 69.8. The number of esters is 4. The molecular weight excluding hydrogens is 1250 g/mol. The molecule has 95 heavy (non-hydrogen) atoms. The van der Waals surface area contributed by atoms with Gasteiger partial charge in [0.25, 0.3) is 0 Å². The van der Waals surface area contributed by atoms with Crippen LogP contribution in [-0.2, 0) is 65.4 Å². The second-order valence-electron chi connectivity index (χ2n) is 27.6. The lowest BCUT2D eigenvalue weighted by molar-refractivity contribution is -0.161. The normalized spacial score (nSPS) is 14.2. The van der Waals surface area contributed by atoms with Crippen molar-refractivity contribution < 1.29 is 80.2 Å². The van der Waals surface area contributed by atoms with Gasteiger partial charge in [0.05, 0.1) is 26.4 Å². The first kappa shape index (κ1) is 93.1. The maximum Gasteiger partial charge on any atom is 0.472 e. The van der Waals surface area contributed by atoms with Gasteiger partial charge in [0.15, 0.2) is 12.2 Å². The minimum absolute atomic E-state index is 0.107. The van der Waals surface area contributed by atoms with Gasteiger partial charge in [0.1, 0.15) is 19.3 Å². The first-order valence-corrected chi connectivity index (χ1v) is 42.7. The van der Waals surface area contributed by atoms with Crippen LogP contribution in [0, 0.1) is 5.92 Å². The molecule has 0 rings (SSSR count). The van der Waals surface area contributed by atoms with E-state index >= 15 is 0 Å². The molecule has 0 aromatic carbocycles. The summed E-state index contributed by atoms with van der Waals surface area (Å²) < 4.78 is 68.4.